The van der Waals surface area contributed by atoms with E-state index < -0.39 is 0 Å². The van der Waals surface area contributed by atoms with E-state index in [0.717, 1.165) is 0 Å². The van der Waals surface area contributed by atoms with Crippen molar-refractivity contribution in [2.75, 3.05) is 18.1 Å². The van der Waals surface area contributed by atoms with Crippen LogP contribution in [0.25, 0.3) is 0 Å². The first-order chi connectivity index (χ1) is 10.0. The lowest BCUT2D eigenvalue weighted by Gasteiger charge is -2.24. The Morgan fingerprint density at radius 3 is 2.67 bits per heavy atom. The molecule has 6 heteroatoms. The molecule has 1 aromatic rings. The summed E-state index contributed by atoms with van der Waals surface area (Å²) < 4.78 is 13.0. The summed E-state index contributed by atoms with van der Waals surface area (Å²) in [6.45, 7) is 1.60. The smallest absolute Gasteiger partial charge is 0.322 e. The maximum Gasteiger partial charge on any atom is 0.322 e. The number of nitrogens with zero attached hydrogens (tertiary/aromatic N) is 1. The summed E-state index contributed by atoms with van der Waals surface area (Å²) in [7, 11) is 0. The van der Waals surface area contributed by atoms with Crippen LogP contribution in [-0.4, -0.2) is 35.4 Å². The third-order valence-corrected chi connectivity index (χ3v) is 3.23. The van der Waals surface area contributed by atoms with E-state index in [1.807, 2.05) is 0 Å². The second-order valence-corrected chi connectivity index (χ2v) is 4.76. The van der Waals surface area contributed by atoms with Crippen molar-refractivity contribution in [3.8, 4) is 0 Å². The molecule has 2 amide bonds. The molecule has 0 aromatic heterocycles. The average Bonchev–Trinajstić information content (AvgIpc) is 2.82. The number of hydrogen-bond acceptors (Lipinski definition) is 3. The summed E-state index contributed by atoms with van der Waals surface area (Å²) in [6, 6.07) is 4.88. The van der Waals surface area contributed by atoms with Crippen LogP contribution in [0.2, 0.25) is 0 Å². The van der Waals surface area contributed by atoms with E-state index in [0.29, 0.717) is 17.8 Å². The molecule has 2 rings (SSSR count). The minimum Gasteiger partial charge on any atom is -0.513 e. The Morgan fingerprint density at radius 1 is 1.43 bits per heavy atom. The molecular weight excluding hydrogens is 275 g/mol. The van der Waals surface area contributed by atoms with Crippen LogP contribution < -0.4 is 10.2 Å². The van der Waals surface area contributed by atoms with Gasteiger partial charge in [0.15, 0.2) is 0 Å². The van der Waals surface area contributed by atoms with E-state index in [-0.39, 0.29) is 30.3 Å². The maximum absolute atomic E-state index is 13.0. The number of aliphatic hydroxyl groups is 2. The fourth-order valence-corrected chi connectivity index (χ4v) is 2.19. The van der Waals surface area contributed by atoms with Gasteiger partial charge in [0, 0.05) is 12.2 Å². The lowest BCUT2D eigenvalue weighted by atomic mass is 10.1. The number of nitrogens with one attached hydrogen (secondary N) is 1. The number of aliphatic hydroxyl groups excluding tert-OH is 2. The van der Waals surface area contributed by atoms with Crippen LogP contribution in [0, 0.1) is 5.82 Å². The molecule has 1 aliphatic heterocycles. The van der Waals surface area contributed by atoms with Crippen molar-refractivity contribution in [2.24, 2.45) is 0 Å². The van der Waals surface area contributed by atoms with Crippen LogP contribution >= 0.6 is 0 Å². The van der Waals surface area contributed by atoms with Crippen molar-refractivity contribution in [3.05, 3.63) is 53.6 Å². The van der Waals surface area contributed by atoms with E-state index in [1.165, 1.54) is 42.2 Å². The van der Waals surface area contributed by atoms with Gasteiger partial charge in [0.25, 0.3) is 0 Å². The molecule has 5 nitrogen and oxygen atoms in total. The Morgan fingerprint density at radius 2 is 2.10 bits per heavy atom. The normalized spacial score (nSPS) is 19.9. The molecule has 0 saturated carbocycles. The topological polar surface area (TPSA) is 72.8 Å². The number of amides is 2. The van der Waals surface area contributed by atoms with Gasteiger partial charge in [-0.1, -0.05) is 6.08 Å². The largest absolute Gasteiger partial charge is 0.513 e. The molecule has 1 saturated heterocycles. The highest BCUT2D eigenvalue weighted by atomic mass is 19.1. The predicted octanol–water partition coefficient (Wildman–Crippen LogP) is 2.10. The number of allylic oxidation sites excluding steroid dienone is 3. The van der Waals surface area contributed by atoms with Gasteiger partial charge in [0.05, 0.1) is 18.4 Å². The van der Waals surface area contributed by atoms with Crippen molar-refractivity contribution < 1.29 is 19.4 Å². The van der Waals surface area contributed by atoms with E-state index in [2.05, 4.69) is 5.32 Å². The van der Waals surface area contributed by atoms with Gasteiger partial charge in [-0.25, -0.2) is 9.18 Å². The summed E-state index contributed by atoms with van der Waals surface area (Å²) in [5.74, 6) is -0.279. The maximum atomic E-state index is 13.0. The fourth-order valence-electron chi connectivity index (χ4n) is 2.19. The first-order valence-corrected chi connectivity index (χ1v) is 6.52. The summed E-state index contributed by atoms with van der Waals surface area (Å²) in [5.41, 5.74) is 1.12. The van der Waals surface area contributed by atoms with Gasteiger partial charge in [-0.3, -0.25) is 4.90 Å². The van der Waals surface area contributed by atoms with Gasteiger partial charge < -0.3 is 15.5 Å². The molecule has 0 aliphatic carbocycles. The fraction of sp³-hybridized carbons (Fsp3) is 0.267. The molecule has 112 valence electrons. The highest BCUT2D eigenvalue weighted by Gasteiger charge is 2.33. The number of benzene rings is 1. The first-order valence-electron chi connectivity index (χ1n) is 6.52. The van der Waals surface area contributed by atoms with E-state index >= 15 is 0 Å². The Kier molecular flexibility index (Phi) is 4.59. The molecule has 0 bridgehead atoms. The minimum atomic E-state index is -0.386. The Labute approximate surface area is 122 Å². The number of urea groups is 1. The number of hydrogen-bond donors (Lipinski definition) is 3. The number of rotatable bonds is 4. The van der Waals surface area contributed by atoms with Crippen molar-refractivity contribution in [1.82, 2.24) is 5.32 Å². The predicted molar refractivity (Wildman–Crippen MR) is 77.6 cm³/mol. The zero-order chi connectivity index (χ0) is 15.4. The molecule has 0 spiro atoms. The van der Waals surface area contributed by atoms with Crippen LogP contribution in [0.3, 0.4) is 0 Å². The number of anilines is 1. The lowest BCUT2D eigenvalue weighted by molar-refractivity contribution is 0.251. The second kappa shape index (κ2) is 6.41. The van der Waals surface area contributed by atoms with E-state index in [9.17, 15) is 19.4 Å². The lowest BCUT2D eigenvalue weighted by Crippen LogP contribution is -2.36. The van der Waals surface area contributed by atoms with Crippen LogP contribution in [0.5, 0.6) is 0 Å². The third-order valence-electron chi connectivity index (χ3n) is 3.23. The van der Waals surface area contributed by atoms with Crippen molar-refractivity contribution in [3.63, 3.8) is 0 Å². The first kappa shape index (κ1) is 15.1. The highest BCUT2D eigenvalue weighted by Crippen LogP contribution is 2.24. The van der Waals surface area contributed by atoms with Crippen LogP contribution in [0.4, 0.5) is 14.9 Å². The van der Waals surface area contributed by atoms with Crippen LogP contribution in [-0.2, 0) is 0 Å². The number of carbonyl (C=O) groups is 1. The zero-order valence-electron chi connectivity index (χ0n) is 11.6. The van der Waals surface area contributed by atoms with Crippen molar-refractivity contribution in [1.29, 1.82) is 0 Å². The Hall–Kier alpha value is -2.34. The number of carbonyl (C=O) groups excluding carboxylic acids is 1. The van der Waals surface area contributed by atoms with Gasteiger partial charge in [-0.05, 0) is 42.8 Å². The van der Waals surface area contributed by atoms with Crippen molar-refractivity contribution in [2.45, 2.75) is 13.0 Å². The van der Waals surface area contributed by atoms with E-state index in [1.54, 1.807) is 6.08 Å². The van der Waals surface area contributed by atoms with Crippen LogP contribution in [0.15, 0.2) is 47.7 Å². The molecule has 1 heterocycles. The molecule has 1 fully saturated rings. The molecule has 1 aromatic carbocycles. The molecule has 1 aliphatic rings. The summed E-state index contributed by atoms with van der Waals surface area (Å²) in [4.78, 5) is 13.4. The van der Waals surface area contributed by atoms with Crippen LogP contribution in [0.1, 0.15) is 6.92 Å². The van der Waals surface area contributed by atoms with E-state index in [4.69, 9.17) is 0 Å². The molecule has 1 atom stereocenters. The summed E-state index contributed by atoms with van der Waals surface area (Å²) in [5, 5.41) is 21.4. The summed E-state index contributed by atoms with van der Waals surface area (Å²) in [6.07, 6.45) is 3.04. The quantitative estimate of drug-likeness (QED) is 0.588. The molecule has 0 radical (unpaired) electrons. The second-order valence-electron chi connectivity index (χ2n) is 4.76. The Balaban J connectivity index is 2.33. The standard InChI is InChI=1S/C15H17FN2O3/c1-10(20)2-3-11(9-19)14-8-17-15(21)18(14)13-6-4-12(16)5-7-13/h2-7,14,19-20H,8-9H2,1H3,(H,17,21)/b10-2+,11-3+. The van der Waals surface area contributed by atoms with Gasteiger partial charge in [-0.2, -0.15) is 0 Å². The molecular formula is C15H17FN2O3. The molecule has 1 unspecified atom stereocenters. The van der Waals surface area contributed by atoms with Crippen molar-refractivity contribution >= 4 is 11.7 Å². The molecule has 3 N–H and O–H groups in total. The SMILES string of the molecule is C/C(O)=C\C=C(/CO)C1CNC(=O)N1c1ccc(F)cc1. The van der Waals surface area contributed by atoms with Gasteiger partial charge in [0.1, 0.15) is 5.82 Å². The number of halogens is 1. The zero-order valence-corrected chi connectivity index (χ0v) is 11.6. The van der Waals surface area contributed by atoms with Gasteiger partial charge >= 0.3 is 6.03 Å². The monoisotopic (exact) mass is 292 g/mol. The third kappa shape index (κ3) is 3.41. The summed E-state index contributed by atoms with van der Waals surface area (Å²) >= 11 is 0. The molecule has 21 heavy (non-hydrogen) atoms. The Bertz CT molecular complexity index is 577. The average molecular weight is 292 g/mol. The minimum absolute atomic E-state index is 0.103. The highest BCUT2D eigenvalue weighted by molar-refractivity contribution is 5.95. The van der Waals surface area contributed by atoms with Gasteiger partial charge in [0.2, 0.25) is 0 Å². The van der Waals surface area contributed by atoms with Gasteiger partial charge in [-0.15, -0.1) is 0 Å².